The fraction of sp³-hybridized carbons (Fsp3) is 0.462. The van der Waals surface area contributed by atoms with Crippen molar-refractivity contribution >= 4 is 15.8 Å². The van der Waals surface area contributed by atoms with Gasteiger partial charge in [0.15, 0.2) is 9.84 Å². The number of carboxylic acids is 1. The molecule has 1 aliphatic carbocycles. The van der Waals surface area contributed by atoms with Gasteiger partial charge < -0.3 is 5.11 Å². The second-order valence-corrected chi connectivity index (χ2v) is 6.89. The molecule has 1 aromatic carbocycles. The third-order valence-corrected chi connectivity index (χ3v) is 5.63. The van der Waals surface area contributed by atoms with E-state index in [-0.39, 0.29) is 11.7 Å². The third-order valence-electron chi connectivity index (χ3n) is 3.35. The van der Waals surface area contributed by atoms with Crippen molar-refractivity contribution in [1.82, 2.24) is 0 Å². The zero-order chi connectivity index (χ0) is 13.2. The molecule has 0 radical (unpaired) electrons. The van der Waals surface area contributed by atoms with E-state index in [9.17, 15) is 13.2 Å². The molecule has 0 unspecified atom stereocenters. The smallest absolute Gasteiger partial charge is 0.307 e. The van der Waals surface area contributed by atoms with E-state index in [0.717, 1.165) is 25.7 Å². The first-order valence-electron chi connectivity index (χ1n) is 6.05. The first-order chi connectivity index (χ1) is 8.50. The van der Waals surface area contributed by atoms with Crippen LogP contribution in [-0.4, -0.2) is 24.7 Å². The van der Waals surface area contributed by atoms with Crippen LogP contribution in [0, 0.1) is 0 Å². The van der Waals surface area contributed by atoms with E-state index < -0.39 is 15.8 Å². The summed E-state index contributed by atoms with van der Waals surface area (Å²) >= 11 is 0. The minimum absolute atomic E-state index is 0.0796. The summed E-state index contributed by atoms with van der Waals surface area (Å²) in [5.41, 5.74) is 0.618. The van der Waals surface area contributed by atoms with Crippen molar-refractivity contribution in [2.24, 2.45) is 0 Å². The Balaban J connectivity index is 2.20. The molecule has 0 bridgehead atoms. The largest absolute Gasteiger partial charge is 0.481 e. The van der Waals surface area contributed by atoms with Gasteiger partial charge in [0.1, 0.15) is 0 Å². The maximum atomic E-state index is 12.3. The van der Waals surface area contributed by atoms with Gasteiger partial charge >= 0.3 is 5.97 Å². The lowest BCUT2D eigenvalue weighted by molar-refractivity contribution is -0.136. The van der Waals surface area contributed by atoms with Gasteiger partial charge in [-0.15, -0.1) is 0 Å². The second kappa shape index (κ2) is 5.10. The Labute approximate surface area is 107 Å². The number of carbonyl (C=O) groups is 1. The number of sulfone groups is 1. The maximum absolute atomic E-state index is 12.3. The van der Waals surface area contributed by atoms with E-state index >= 15 is 0 Å². The lowest BCUT2D eigenvalue weighted by Gasteiger charge is -2.11. The SMILES string of the molecule is O=C(O)Cc1ccc(S(=O)(=O)C2CCCC2)cc1. The van der Waals surface area contributed by atoms with Crippen molar-refractivity contribution in [3.8, 4) is 0 Å². The molecule has 5 heteroatoms. The van der Waals surface area contributed by atoms with Gasteiger partial charge in [-0.2, -0.15) is 0 Å². The predicted molar refractivity (Wildman–Crippen MR) is 67.2 cm³/mol. The number of aliphatic carboxylic acids is 1. The normalized spacial score (nSPS) is 16.9. The van der Waals surface area contributed by atoms with Crippen LogP contribution in [0.3, 0.4) is 0 Å². The number of carboxylic acid groups (broad SMARTS) is 1. The lowest BCUT2D eigenvalue weighted by atomic mass is 10.2. The summed E-state index contributed by atoms with van der Waals surface area (Å²) in [5, 5.41) is 8.39. The van der Waals surface area contributed by atoms with Crippen LogP contribution in [0.25, 0.3) is 0 Å². The molecule has 1 N–H and O–H groups in total. The molecule has 2 rings (SSSR count). The van der Waals surface area contributed by atoms with Crippen molar-refractivity contribution in [3.63, 3.8) is 0 Å². The Morgan fingerprint density at radius 2 is 1.72 bits per heavy atom. The van der Waals surface area contributed by atoms with Crippen LogP contribution in [0.5, 0.6) is 0 Å². The van der Waals surface area contributed by atoms with Gasteiger partial charge in [-0.05, 0) is 30.5 Å². The quantitative estimate of drug-likeness (QED) is 0.907. The second-order valence-electron chi connectivity index (χ2n) is 4.67. The van der Waals surface area contributed by atoms with Crippen molar-refractivity contribution < 1.29 is 18.3 Å². The molecular formula is C13H16O4S. The molecule has 1 saturated carbocycles. The summed E-state index contributed by atoms with van der Waals surface area (Å²) in [7, 11) is -3.23. The molecule has 18 heavy (non-hydrogen) atoms. The Morgan fingerprint density at radius 3 is 2.22 bits per heavy atom. The van der Waals surface area contributed by atoms with Gasteiger partial charge in [0, 0.05) is 0 Å². The predicted octanol–water partition coefficient (Wildman–Crippen LogP) is 2.03. The molecule has 1 aliphatic rings. The third kappa shape index (κ3) is 2.72. The number of hydrogen-bond donors (Lipinski definition) is 1. The fourth-order valence-electron chi connectivity index (χ4n) is 2.36. The van der Waals surface area contributed by atoms with Crippen molar-refractivity contribution in [2.75, 3.05) is 0 Å². The molecule has 1 aromatic rings. The fourth-order valence-corrected chi connectivity index (χ4v) is 4.22. The van der Waals surface area contributed by atoms with E-state index in [1.54, 1.807) is 12.1 Å². The van der Waals surface area contributed by atoms with E-state index in [1.165, 1.54) is 12.1 Å². The molecule has 4 nitrogen and oxygen atoms in total. The lowest BCUT2D eigenvalue weighted by Crippen LogP contribution is -2.17. The molecule has 98 valence electrons. The minimum atomic E-state index is -3.23. The average molecular weight is 268 g/mol. The maximum Gasteiger partial charge on any atom is 0.307 e. The topological polar surface area (TPSA) is 71.4 Å². The van der Waals surface area contributed by atoms with E-state index in [1.807, 2.05) is 0 Å². The summed E-state index contributed by atoms with van der Waals surface area (Å²) < 4.78 is 24.5. The Kier molecular flexibility index (Phi) is 3.71. The Morgan fingerprint density at radius 1 is 1.17 bits per heavy atom. The van der Waals surface area contributed by atoms with Gasteiger partial charge in [-0.3, -0.25) is 4.79 Å². The summed E-state index contributed by atoms with van der Waals surface area (Å²) in [4.78, 5) is 10.9. The van der Waals surface area contributed by atoms with Crippen molar-refractivity contribution in [2.45, 2.75) is 42.2 Å². The van der Waals surface area contributed by atoms with Crippen LogP contribution in [0.1, 0.15) is 31.2 Å². The van der Waals surface area contributed by atoms with Gasteiger partial charge in [0.05, 0.1) is 16.6 Å². The first kappa shape index (κ1) is 13.1. The van der Waals surface area contributed by atoms with Gasteiger partial charge in [-0.25, -0.2) is 8.42 Å². The van der Waals surface area contributed by atoms with Crippen molar-refractivity contribution in [3.05, 3.63) is 29.8 Å². The van der Waals surface area contributed by atoms with E-state index in [0.29, 0.717) is 10.5 Å². The highest BCUT2D eigenvalue weighted by Crippen LogP contribution is 2.29. The van der Waals surface area contributed by atoms with Crippen molar-refractivity contribution in [1.29, 1.82) is 0 Å². The summed E-state index contributed by atoms with van der Waals surface area (Å²) in [6, 6.07) is 6.20. The summed E-state index contributed by atoms with van der Waals surface area (Å²) in [6.07, 6.45) is 3.34. The highest BCUT2D eigenvalue weighted by molar-refractivity contribution is 7.92. The summed E-state index contributed by atoms with van der Waals surface area (Å²) in [6.45, 7) is 0. The molecule has 0 aliphatic heterocycles. The van der Waals surface area contributed by atoms with Crippen LogP contribution in [0.15, 0.2) is 29.2 Å². The molecule has 0 spiro atoms. The monoisotopic (exact) mass is 268 g/mol. The van der Waals surface area contributed by atoms with Crippen LogP contribution in [0.2, 0.25) is 0 Å². The van der Waals surface area contributed by atoms with Crippen LogP contribution in [0.4, 0.5) is 0 Å². The Hall–Kier alpha value is -1.36. The number of rotatable bonds is 4. The van der Waals surface area contributed by atoms with Crippen LogP contribution in [-0.2, 0) is 21.1 Å². The highest BCUT2D eigenvalue weighted by Gasteiger charge is 2.29. The molecular weight excluding hydrogens is 252 g/mol. The summed E-state index contributed by atoms with van der Waals surface area (Å²) in [5.74, 6) is -0.915. The minimum Gasteiger partial charge on any atom is -0.481 e. The highest BCUT2D eigenvalue weighted by atomic mass is 32.2. The first-order valence-corrected chi connectivity index (χ1v) is 7.59. The molecule has 0 atom stereocenters. The molecule has 0 saturated heterocycles. The zero-order valence-electron chi connectivity index (χ0n) is 10.0. The van der Waals surface area contributed by atoms with Crippen LogP contribution >= 0.6 is 0 Å². The van der Waals surface area contributed by atoms with E-state index in [2.05, 4.69) is 0 Å². The number of hydrogen-bond acceptors (Lipinski definition) is 3. The Bertz CT molecular complexity index is 525. The number of benzene rings is 1. The molecule has 0 amide bonds. The van der Waals surface area contributed by atoms with Gasteiger partial charge in [0.2, 0.25) is 0 Å². The van der Waals surface area contributed by atoms with Crippen LogP contribution < -0.4 is 0 Å². The van der Waals surface area contributed by atoms with Gasteiger partial charge in [-0.1, -0.05) is 25.0 Å². The molecule has 1 fully saturated rings. The molecule has 0 heterocycles. The standard InChI is InChI=1S/C13H16O4S/c14-13(15)9-10-5-7-12(8-6-10)18(16,17)11-3-1-2-4-11/h5-8,11H,1-4,9H2,(H,14,15). The zero-order valence-corrected chi connectivity index (χ0v) is 10.8. The van der Waals surface area contributed by atoms with Gasteiger partial charge in [0.25, 0.3) is 0 Å². The molecule has 0 aromatic heterocycles. The van der Waals surface area contributed by atoms with E-state index in [4.69, 9.17) is 5.11 Å². The average Bonchev–Trinajstić information content (AvgIpc) is 2.83.